The number of carbonyl (C=O) groups is 1. The quantitative estimate of drug-likeness (QED) is 0.217. The van der Waals surface area contributed by atoms with Crippen LogP contribution in [0, 0.1) is 13.8 Å². The Bertz CT molecular complexity index is 953. The molecule has 0 unspecified atom stereocenters. The summed E-state index contributed by atoms with van der Waals surface area (Å²) in [5.74, 6) is -0.192. The number of ether oxygens (including phenoxy) is 1. The second-order valence-electron chi connectivity index (χ2n) is 6.59. The molecule has 3 aromatic rings. The standard InChI is InChI=1S/C21H24N2O2S2/c1-5-6-9-25-21(24)15(4)27-20-18-17(11-26-19(18)22-12-23-20)16-8-7-13(2)14(3)10-16/h7-8,10-12,15H,5-6,9H2,1-4H3/t15-/m0/s1. The molecule has 0 aliphatic heterocycles. The molecular formula is C21H24N2O2S2. The highest BCUT2D eigenvalue weighted by Gasteiger charge is 2.20. The Morgan fingerprint density at radius 1 is 1.26 bits per heavy atom. The van der Waals surface area contributed by atoms with Crippen LogP contribution in [0.3, 0.4) is 0 Å². The first-order chi connectivity index (χ1) is 13.0. The van der Waals surface area contributed by atoms with Gasteiger partial charge in [-0.1, -0.05) is 43.3 Å². The molecule has 0 N–H and O–H groups in total. The zero-order valence-corrected chi connectivity index (χ0v) is 17.7. The number of fused-ring (bicyclic) bond motifs is 1. The highest BCUT2D eigenvalue weighted by molar-refractivity contribution is 8.00. The Morgan fingerprint density at radius 2 is 2.07 bits per heavy atom. The maximum absolute atomic E-state index is 12.2. The predicted molar refractivity (Wildman–Crippen MR) is 114 cm³/mol. The van der Waals surface area contributed by atoms with E-state index in [2.05, 4.69) is 54.3 Å². The smallest absolute Gasteiger partial charge is 0.319 e. The highest BCUT2D eigenvalue weighted by atomic mass is 32.2. The number of thioether (sulfide) groups is 1. The Kier molecular flexibility index (Phi) is 6.50. The van der Waals surface area contributed by atoms with Gasteiger partial charge in [0, 0.05) is 10.9 Å². The molecule has 0 fully saturated rings. The molecule has 0 aliphatic rings. The van der Waals surface area contributed by atoms with Gasteiger partial charge < -0.3 is 4.74 Å². The lowest BCUT2D eigenvalue weighted by atomic mass is 10.0. The monoisotopic (exact) mass is 400 g/mol. The van der Waals surface area contributed by atoms with Crippen molar-refractivity contribution in [2.24, 2.45) is 0 Å². The number of esters is 1. The van der Waals surface area contributed by atoms with E-state index in [1.807, 2.05) is 6.92 Å². The van der Waals surface area contributed by atoms with Crippen LogP contribution in [0.25, 0.3) is 21.3 Å². The summed E-state index contributed by atoms with van der Waals surface area (Å²) in [6.45, 7) is 8.66. The number of aryl methyl sites for hydroxylation is 2. The summed E-state index contributed by atoms with van der Waals surface area (Å²) in [6, 6.07) is 6.47. The topological polar surface area (TPSA) is 52.1 Å². The van der Waals surface area contributed by atoms with Crippen LogP contribution < -0.4 is 0 Å². The van der Waals surface area contributed by atoms with Crippen molar-refractivity contribution in [1.82, 2.24) is 9.97 Å². The Hall–Kier alpha value is -1.92. The van der Waals surface area contributed by atoms with E-state index in [1.54, 1.807) is 17.7 Å². The van der Waals surface area contributed by atoms with Crippen molar-refractivity contribution in [2.75, 3.05) is 6.61 Å². The normalized spacial score (nSPS) is 12.3. The van der Waals surface area contributed by atoms with Gasteiger partial charge in [-0.3, -0.25) is 4.79 Å². The first kappa shape index (κ1) is 19.8. The third-order valence-electron chi connectivity index (χ3n) is 4.52. The zero-order valence-electron chi connectivity index (χ0n) is 16.1. The first-order valence-electron chi connectivity index (χ1n) is 9.14. The fraction of sp³-hybridized carbons (Fsp3) is 0.381. The summed E-state index contributed by atoms with van der Waals surface area (Å²) in [6.07, 6.45) is 3.47. The molecule has 1 aromatic carbocycles. The Labute approximate surface area is 168 Å². The average molecular weight is 401 g/mol. The minimum Gasteiger partial charge on any atom is -0.465 e. The number of benzene rings is 1. The minimum absolute atomic E-state index is 0.192. The number of thiophene rings is 1. The van der Waals surface area contributed by atoms with Gasteiger partial charge in [-0.15, -0.1) is 11.3 Å². The molecule has 142 valence electrons. The van der Waals surface area contributed by atoms with Gasteiger partial charge in [-0.2, -0.15) is 0 Å². The van der Waals surface area contributed by atoms with E-state index in [1.165, 1.54) is 22.9 Å². The third-order valence-corrected chi connectivity index (χ3v) is 6.48. The molecule has 0 saturated heterocycles. The molecule has 2 aromatic heterocycles. The fourth-order valence-electron chi connectivity index (χ4n) is 2.71. The molecule has 0 bridgehead atoms. The van der Waals surface area contributed by atoms with Crippen LogP contribution in [-0.4, -0.2) is 27.8 Å². The lowest BCUT2D eigenvalue weighted by Gasteiger charge is -2.12. The van der Waals surface area contributed by atoms with Gasteiger partial charge in [0.1, 0.15) is 21.4 Å². The lowest BCUT2D eigenvalue weighted by Crippen LogP contribution is -2.17. The fourth-order valence-corrected chi connectivity index (χ4v) is 4.62. The van der Waals surface area contributed by atoms with E-state index in [0.717, 1.165) is 39.2 Å². The number of hydrogen-bond acceptors (Lipinski definition) is 6. The number of rotatable bonds is 7. The van der Waals surface area contributed by atoms with Crippen molar-refractivity contribution in [2.45, 2.75) is 50.8 Å². The second kappa shape index (κ2) is 8.85. The molecule has 0 radical (unpaired) electrons. The minimum atomic E-state index is -0.313. The van der Waals surface area contributed by atoms with Gasteiger partial charge >= 0.3 is 5.97 Å². The SMILES string of the molecule is CCCCOC(=O)[C@H](C)Sc1ncnc2scc(-c3ccc(C)c(C)c3)c12. The molecule has 0 aliphatic carbocycles. The van der Waals surface area contributed by atoms with Crippen molar-refractivity contribution in [3.05, 3.63) is 41.0 Å². The largest absolute Gasteiger partial charge is 0.465 e. The van der Waals surface area contributed by atoms with E-state index >= 15 is 0 Å². The predicted octanol–water partition coefficient (Wildman–Crippen LogP) is 5.80. The molecule has 1 atom stereocenters. The summed E-state index contributed by atoms with van der Waals surface area (Å²) in [4.78, 5) is 22.1. The van der Waals surface area contributed by atoms with Crippen LogP contribution in [0.5, 0.6) is 0 Å². The van der Waals surface area contributed by atoms with E-state index < -0.39 is 0 Å². The zero-order chi connectivity index (χ0) is 19.4. The molecule has 0 amide bonds. The van der Waals surface area contributed by atoms with Gasteiger partial charge in [0.2, 0.25) is 0 Å². The molecule has 27 heavy (non-hydrogen) atoms. The van der Waals surface area contributed by atoms with Crippen molar-refractivity contribution in [1.29, 1.82) is 0 Å². The molecule has 4 nitrogen and oxygen atoms in total. The van der Waals surface area contributed by atoms with Gasteiger partial charge in [0.05, 0.1) is 12.0 Å². The maximum atomic E-state index is 12.2. The molecule has 0 saturated carbocycles. The first-order valence-corrected chi connectivity index (χ1v) is 10.9. The van der Waals surface area contributed by atoms with Crippen LogP contribution in [-0.2, 0) is 9.53 Å². The summed E-state index contributed by atoms with van der Waals surface area (Å²) in [7, 11) is 0. The van der Waals surface area contributed by atoms with Crippen LogP contribution >= 0.6 is 23.1 Å². The number of unbranched alkanes of at least 4 members (excludes halogenated alkanes) is 1. The maximum Gasteiger partial charge on any atom is 0.319 e. The van der Waals surface area contributed by atoms with Crippen molar-refractivity contribution >= 4 is 39.3 Å². The molecule has 2 heterocycles. The van der Waals surface area contributed by atoms with Gasteiger partial charge in [0.15, 0.2) is 0 Å². The average Bonchev–Trinajstić information content (AvgIpc) is 3.09. The number of carbonyl (C=O) groups excluding carboxylic acids is 1. The summed E-state index contributed by atoms with van der Waals surface area (Å²) < 4.78 is 5.35. The van der Waals surface area contributed by atoms with Crippen LogP contribution in [0.2, 0.25) is 0 Å². The molecule has 3 rings (SSSR count). The Morgan fingerprint density at radius 3 is 2.81 bits per heavy atom. The number of hydrogen-bond donors (Lipinski definition) is 0. The highest BCUT2D eigenvalue weighted by Crippen LogP contribution is 2.39. The van der Waals surface area contributed by atoms with Crippen molar-refractivity contribution in [3.63, 3.8) is 0 Å². The van der Waals surface area contributed by atoms with Gasteiger partial charge in [-0.25, -0.2) is 9.97 Å². The molecular weight excluding hydrogens is 376 g/mol. The molecule has 0 spiro atoms. The Balaban J connectivity index is 1.91. The van der Waals surface area contributed by atoms with Crippen molar-refractivity contribution < 1.29 is 9.53 Å². The van der Waals surface area contributed by atoms with E-state index in [9.17, 15) is 4.79 Å². The van der Waals surface area contributed by atoms with Gasteiger partial charge in [-0.05, 0) is 43.9 Å². The summed E-state index contributed by atoms with van der Waals surface area (Å²) in [5, 5.41) is 3.66. The summed E-state index contributed by atoms with van der Waals surface area (Å²) in [5.41, 5.74) is 4.80. The third kappa shape index (κ3) is 4.50. The van der Waals surface area contributed by atoms with E-state index in [4.69, 9.17) is 4.74 Å². The van der Waals surface area contributed by atoms with Crippen LogP contribution in [0.4, 0.5) is 0 Å². The van der Waals surface area contributed by atoms with Crippen LogP contribution in [0.1, 0.15) is 37.8 Å². The lowest BCUT2D eigenvalue weighted by molar-refractivity contribution is -0.142. The van der Waals surface area contributed by atoms with Crippen molar-refractivity contribution in [3.8, 4) is 11.1 Å². The second-order valence-corrected chi connectivity index (χ2v) is 8.78. The van der Waals surface area contributed by atoms with Gasteiger partial charge in [0.25, 0.3) is 0 Å². The van der Waals surface area contributed by atoms with E-state index in [-0.39, 0.29) is 11.2 Å². The summed E-state index contributed by atoms with van der Waals surface area (Å²) >= 11 is 3.05. The van der Waals surface area contributed by atoms with E-state index in [0.29, 0.717) is 6.61 Å². The number of aromatic nitrogens is 2. The molecule has 6 heteroatoms. The van der Waals surface area contributed by atoms with Crippen LogP contribution in [0.15, 0.2) is 34.9 Å². The number of nitrogens with zero attached hydrogens (tertiary/aromatic N) is 2.